The van der Waals surface area contributed by atoms with Crippen molar-refractivity contribution >= 4 is 0 Å². The molecule has 1 heterocycles. The maximum Gasteiger partial charge on any atom is 0.266 e. The first-order valence-corrected chi connectivity index (χ1v) is 7.49. The van der Waals surface area contributed by atoms with Crippen LogP contribution >= 0.6 is 0 Å². The molecule has 23 heavy (non-hydrogen) atoms. The summed E-state index contributed by atoms with van der Waals surface area (Å²) in [6, 6.07) is 7.67. The number of aryl methyl sites for hydroxylation is 1. The molecule has 5 heteroatoms. The first-order chi connectivity index (χ1) is 10.9. The van der Waals surface area contributed by atoms with Crippen LogP contribution in [0.5, 0.6) is 5.75 Å². The zero-order chi connectivity index (χ0) is 17.0. The van der Waals surface area contributed by atoms with Gasteiger partial charge in [0.25, 0.3) is 5.56 Å². The molecule has 1 aromatic heterocycles. The van der Waals surface area contributed by atoms with Gasteiger partial charge >= 0.3 is 0 Å². The Morgan fingerprint density at radius 3 is 2.70 bits per heavy atom. The van der Waals surface area contributed by atoms with Crippen LogP contribution in [0, 0.1) is 30.0 Å². The molecule has 4 nitrogen and oxygen atoms in total. The SMILES string of the molecule is Cc1cc(-c2cc(F)ccc2OCCC(C)C)c(C#N)c(=O)[nH]1. The molecule has 0 aliphatic carbocycles. The van der Waals surface area contributed by atoms with E-state index in [0.29, 0.717) is 35.1 Å². The molecule has 0 unspecified atom stereocenters. The number of benzene rings is 1. The van der Waals surface area contributed by atoms with Crippen molar-refractivity contribution in [3.05, 3.63) is 51.7 Å². The van der Waals surface area contributed by atoms with E-state index in [1.54, 1.807) is 13.0 Å². The summed E-state index contributed by atoms with van der Waals surface area (Å²) in [5.74, 6) is 0.502. The number of nitrogens with one attached hydrogen (secondary N) is 1. The molecule has 0 bridgehead atoms. The highest BCUT2D eigenvalue weighted by molar-refractivity contribution is 5.75. The molecule has 0 radical (unpaired) electrons. The van der Waals surface area contributed by atoms with Crippen molar-refractivity contribution in [2.45, 2.75) is 27.2 Å². The standard InChI is InChI=1S/C18H19FN2O2/c1-11(2)6-7-23-17-5-4-13(19)9-15(17)14-8-12(3)21-18(22)16(14)10-20/h4-5,8-9,11H,6-7H2,1-3H3,(H,21,22). The Labute approximate surface area is 134 Å². The van der Waals surface area contributed by atoms with Crippen LogP contribution in [0.25, 0.3) is 11.1 Å². The number of nitrogens with zero attached hydrogens (tertiary/aromatic N) is 1. The number of nitriles is 1. The van der Waals surface area contributed by atoms with Crippen LogP contribution < -0.4 is 10.3 Å². The van der Waals surface area contributed by atoms with Crippen molar-refractivity contribution in [1.82, 2.24) is 4.98 Å². The molecule has 0 saturated heterocycles. The van der Waals surface area contributed by atoms with E-state index in [1.165, 1.54) is 18.2 Å². The zero-order valence-electron chi connectivity index (χ0n) is 13.4. The van der Waals surface area contributed by atoms with Gasteiger partial charge in [-0.05, 0) is 43.5 Å². The normalized spacial score (nSPS) is 10.6. The van der Waals surface area contributed by atoms with Crippen molar-refractivity contribution in [1.29, 1.82) is 5.26 Å². The van der Waals surface area contributed by atoms with Gasteiger partial charge in [0, 0.05) is 16.8 Å². The summed E-state index contributed by atoms with van der Waals surface area (Å²) in [6.07, 6.45) is 0.857. The van der Waals surface area contributed by atoms with E-state index in [0.717, 1.165) is 6.42 Å². The molecule has 2 rings (SSSR count). The van der Waals surface area contributed by atoms with Gasteiger partial charge in [-0.1, -0.05) is 13.8 Å². The van der Waals surface area contributed by atoms with Gasteiger partial charge in [-0.25, -0.2) is 4.39 Å². The van der Waals surface area contributed by atoms with Crippen LogP contribution in [0.1, 0.15) is 31.5 Å². The number of hydrogen-bond acceptors (Lipinski definition) is 3. The van der Waals surface area contributed by atoms with Crippen molar-refractivity contribution in [2.75, 3.05) is 6.61 Å². The van der Waals surface area contributed by atoms with Crippen LogP contribution in [-0.4, -0.2) is 11.6 Å². The van der Waals surface area contributed by atoms with Crippen LogP contribution in [0.3, 0.4) is 0 Å². The highest BCUT2D eigenvalue weighted by Gasteiger charge is 2.15. The molecule has 0 amide bonds. The predicted octanol–water partition coefficient (Wildman–Crippen LogP) is 3.79. The third-order valence-electron chi connectivity index (χ3n) is 3.46. The molecule has 1 N–H and O–H groups in total. The van der Waals surface area contributed by atoms with E-state index in [4.69, 9.17) is 4.74 Å². The molecular weight excluding hydrogens is 295 g/mol. The lowest BCUT2D eigenvalue weighted by atomic mass is 10.00. The van der Waals surface area contributed by atoms with Crippen LogP contribution in [0.4, 0.5) is 4.39 Å². The number of pyridine rings is 1. The second-order valence-electron chi connectivity index (χ2n) is 5.85. The summed E-state index contributed by atoms with van der Waals surface area (Å²) in [6.45, 7) is 6.37. The maximum absolute atomic E-state index is 13.7. The van der Waals surface area contributed by atoms with Gasteiger partial charge in [0.15, 0.2) is 0 Å². The fraction of sp³-hybridized carbons (Fsp3) is 0.333. The number of aromatic nitrogens is 1. The summed E-state index contributed by atoms with van der Waals surface area (Å²) in [5.41, 5.74) is 0.864. The lowest BCUT2D eigenvalue weighted by Crippen LogP contribution is -2.13. The van der Waals surface area contributed by atoms with E-state index in [-0.39, 0.29) is 5.56 Å². The Morgan fingerprint density at radius 1 is 1.30 bits per heavy atom. The molecule has 0 aliphatic rings. The molecule has 0 atom stereocenters. The smallest absolute Gasteiger partial charge is 0.266 e. The molecule has 0 saturated carbocycles. The van der Waals surface area contributed by atoms with Gasteiger partial charge in [0.05, 0.1) is 6.61 Å². The lowest BCUT2D eigenvalue weighted by Gasteiger charge is -2.14. The topological polar surface area (TPSA) is 65.9 Å². The molecule has 2 aromatic rings. The number of rotatable bonds is 5. The Bertz CT molecular complexity index is 804. The molecule has 120 valence electrons. The zero-order valence-corrected chi connectivity index (χ0v) is 13.4. The van der Waals surface area contributed by atoms with Crippen LogP contribution in [0.15, 0.2) is 29.1 Å². The molecular formula is C18H19FN2O2. The Kier molecular flexibility index (Phi) is 5.17. The highest BCUT2D eigenvalue weighted by atomic mass is 19.1. The van der Waals surface area contributed by atoms with Crippen molar-refractivity contribution in [3.8, 4) is 22.9 Å². The van der Waals surface area contributed by atoms with Gasteiger partial charge in [-0.2, -0.15) is 5.26 Å². The molecule has 1 aromatic carbocycles. The molecule has 0 fully saturated rings. The number of H-pyrrole nitrogens is 1. The summed E-state index contributed by atoms with van der Waals surface area (Å²) >= 11 is 0. The fourth-order valence-electron chi connectivity index (χ4n) is 2.26. The van der Waals surface area contributed by atoms with Gasteiger partial charge in [0.2, 0.25) is 0 Å². The second-order valence-corrected chi connectivity index (χ2v) is 5.85. The third kappa shape index (κ3) is 3.98. The van der Waals surface area contributed by atoms with E-state index in [1.807, 2.05) is 6.07 Å². The summed E-state index contributed by atoms with van der Waals surface area (Å²) in [5, 5.41) is 9.26. The third-order valence-corrected chi connectivity index (χ3v) is 3.46. The Hall–Kier alpha value is -2.61. The van der Waals surface area contributed by atoms with Crippen molar-refractivity contribution in [2.24, 2.45) is 5.92 Å². The molecule has 0 spiro atoms. The minimum absolute atomic E-state index is 0.0464. The van der Waals surface area contributed by atoms with Crippen LogP contribution in [-0.2, 0) is 0 Å². The van der Waals surface area contributed by atoms with E-state index in [9.17, 15) is 14.4 Å². The largest absolute Gasteiger partial charge is 0.493 e. The fourth-order valence-corrected chi connectivity index (χ4v) is 2.26. The van der Waals surface area contributed by atoms with Crippen molar-refractivity contribution in [3.63, 3.8) is 0 Å². The summed E-state index contributed by atoms with van der Waals surface area (Å²) in [4.78, 5) is 14.5. The van der Waals surface area contributed by atoms with E-state index >= 15 is 0 Å². The van der Waals surface area contributed by atoms with Gasteiger partial charge < -0.3 is 9.72 Å². The van der Waals surface area contributed by atoms with E-state index in [2.05, 4.69) is 18.8 Å². The van der Waals surface area contributed by atoms with Gasteiger partial charge in [0.1, 0.15) is 23.2 Å². The number of hydrogen-bond donors (Lipinski definition) is 1. The summed E-state index contributed by atoms with van der Waals surface area (Å²) < 4.78 is 19.4. The highest BCUT2D eigenvalue weighted by Crippen LogP contribution is 2.32. The monoisotopic (exact) mass is 314 g/mol. The predicted molar refractivity (Wildman–Crippen MR) is 86.9 cm³/mol. The van der Waals surface area contributed by atoms with Crippen LogP contribution in [0.2, 0.25) is 0 Å². The Morgan fingerprint density at radius 2 is 2.04 bits per heavy atom. The maximum atomic E-state index is 13.7. The van der Waals surface area contributed by atoms with Crippen molar-refractivity contribution < 1.29 is 9.13 Å². The first kappa shape index (κ1) is 16.8. The number of aromatic amines is 1. The molecule has 0 aliphatic heterocycles. The van der Waals surface area contributed by atoms with E-state index < -0.39 is 11.4 Å². The minimum atomic E-state index is -0.486. The number of ether oxygens (including phenoxy) is 1. The minimum Gasteiger partial charge on any atom is -0.493 e. The van der Waals surface area contributed by atoms with Gasteiger partial charge in [-0.3, -0.25) is 4.79 Å². The second kappa shape index (κ2) is 7.10. The lowest BCUT2D eigenvalue weighted by molar-refractivity contribution is 0.290. The number of halogens is 1. The van der Waals surface area contributed by atoms with Gasteiger partial charge in [-0.15, -0.1) is 0 Å². The average molecular weight is 314 g/mol. The Balaban J connectivity index is 2.53. The first-order valence-electron chi connectivity index (χ1n) is 7.49. The summed E-state index contributed by atoms with van der Waals surface area (Å²) in [7, 11) is 0. The quantitative estimate of drug-likeness (QED) is 0.913. The average Bonchev–Trinajstić information content (AvgIpc) is 2.47.